The Morgan fingerprint density at radius 3 is 2.78 bits per heavy atom. The second-order valence-electron chi connectivity index (χ2n) is 8.69. The van der Waals surface area contributed by atoms with Crippen LogP contribution in [0.25, 0.3) is 0 Å². The topological polar surface area (TPSA) is 124 Å². The summed E-state index contributed by atoms with van der Waals surface area (Å²) in [5.74, 6) is 0.0370. The van der Waals surface area contributed by atoms with Crippen molar-refractivity contribution in [2.45, 2.75) is 31.8 Å². The van der Waals surface area contributed by atoms with E-state index >= 15 is 0 Å². The molecule has 194 valence electrons. The lowest BCUT2D eigenvalue weighted by Crippen LogP contribution is -2.47. The third-order valence-electron chi connectivity index (χ3n) is 6.00. The number of methoxy groups -OCH3 is 1. The largest absolute Gasteiger partial charge is 0.497 e. The van der Waals surface area contributed by atoms with Crippen LogP contribution in [-0.4, -0.2) is 60.4 Å². The smallest absolute Gasteiger partial charge is 0.255 e. The average molecular weight is 506 g/mol. The van der Waals surface area contributed by atoms with Crippen LogP contribution in [0.2, 0.25) is 0 Å². The zero-order chi connectivity index (χ0) is 26.0. The summed E-state index contributed by atoms with van der Waals surface area (Å²) < 4.78 is 12.7. The second kappa shape index (κ2) is 12.6. The Balaban J connectivity index is 1.38. The number of hydrogen-bond donors (Lipinski definition) is 3. The monoisotopic (exact) mass is 505 g/mol. The number of nitrogens with one attached hydrogen (secondary N) is 3. The van der Waals surface area contributed by atoms with E-state index < -0.39 is 6.04 Å². The minimum absolute atomic E-state index is 0.145. The number of ether oxygens (including phenoxy) is 2. The molecule has 0 saturated carbocycles. The first-order valence-electron chi connectivity index (χ1n) is 12.3. The highest BCUT2D eigenvalue weighted by Crippen LogP contribution is 2.25. The van der Waals surface area contributed by atoms with Gasteiger partial charge in [0.15, 0.2) is 0 Å². The second-order valence-corrected chi connectivity index (χ2v) is 8.69. The number of benzene rings is 2. The minimum atomic E-state index is -0.726. The lowest BCUT2D eigenvalue weighted by molar-refractivity contribution is -0.123. The Morgan fingerprint density at radius 1 is 1.14 bits per heavy atom. The number of rotatable bonds is 5. The van der Waals surface area contributed by atoms with Crippen LogP contribution in [0, 0.1) is 0 Å². The van der Waals surface area contributed by atoms with Gasteiger partial charge in [0.2, 0.25) is 5.91 Å². The molecule has 0 fully saturated rings. The van der Waals surface area contributed by atoms with Gasteiger partial charge < -0.3 is 25.4 Å². The molecule has 0 saturated heterocycles. The van der Waals surface area contributed by atoms with Gasteiger partial charge in [0, 0.05) is 18.8 Å². The fourth-order valence-electron chi connectivity index (χ4n) is 4.01. The van der Waals surface area contributed by atoms with Gasteiger partial charge in [-0.3, -0.25) is 19.1 Å². The zero-order valence-corrected chi connectivity index (χ0v) is 20.7. The van der Waals surface area contributed by atoms with Crippen LogP contribution in [-0.2, 0) is 11.3 Å². The molecule has 10 heteroatoms. The van der Waals surface area contributed by atoms with Crippen molar-refractivity contribution in [3.05, 3.63) is 77.6 Å². The van der Waals surface area contributed by atoms with Crippen molar-refractivity contribution in [1.29, 1.82) is 0 Å². The van der Waals surface area contributed by atoms with Crippen LogP contribution < -0.4 is 25.4 Å². The van der Waals surface area contributed by atoms with Crippen LogP contribution in [0.1, 0.15) is 45.5 Å². The molecule has 3 amide bonds. The Hall–Kier alpha value is -4.34. The van der Waals surface area contributed by atoms with E-state index in [4.69, 9.17) is 9.47 Å². The van der Waals surface area contributed by atoms with E-state index in [1.807, 2.05) is 30.3 Å². The maximum absolute atomic E-state index is 12.9. The van der Waals surface area contributed by atoms with Gasteiger partial charge in [-0.2, -0.15) is 5.10 Å². The van der Waals surface area contributed by atoms with E-state index in [-0.39, 0.29) is 30.9 Å². The fourth-order valence-corrected chi connectivity index (χ4v) is 4.01. The van der Waals surface area contributed by atoms with E-state index in [9.17, 15) is 14.4 Å². The highest BCUT2D eigenvalue weighted by Gasteiger charge is 2.22. The van der Waals surface area contributed by atoms with Crippen molar-refractivity contribution in [2.75, 3.05) is 26.8 Å². The third-order valence-corrected chi connectivity index (χ3v) is 6.00. The standard InChI is InChI=1S/C27H31N5O5/c1-36-21-10-11-22-24(15-21)37-14-13-29-27(35)23(9-5-6-12-28-26(22)34)31-25(33)20-16-30-32(18-20)17-19-7-3-2-4-8-19/h2-4,7-8,10-11,15-16,18,23H,5-6,9,12-14,17H2,1H3,(H,28,34)(H,29,35)(H,31,33)/t23-/m0/s1. The molecule has 4 rings (SSSR count). The van der Waals surface area contributed by atoms with Crippen molar-refractivity contribution in [3.8, 4) is 11.5 Å². The van der Waals surface area contributed by atoms with Crippen LogP contribution in [0.4, 0.5) is 0 Å². The molecule has 1 aliphatic heterocycles. The highest BCUT2D eigenvalue weighted by molar-refractivity contribution is 5.97. The molecular weight excluding hydrogens is 474 g/mol. The molecule has 37 heavy (non-hydrogen) atoms. The SMILES string of the molecule is COc1ccc2c(c1)OCCNC(=O)[C@@H](NC(=O)c1cnn(Cc3ccccc3)c1)CCCCNC2=O. The number of amides is 3. The summed E-state index contributed by atoms with van der Waals surface area (Å²) in [6.07, 6.45) is 4.87. The lowest BCUT2D eigenvalue weighted by atomic mass is 10.1. The third kappa shape index (κ3) is 7.09. The number of carbonyl (C=O) groups is 3. The number of fused-ring (bicyclic) bond motifs is 1. The van der Waals surface area contributed by atoms with E-state index in [2.05, 4.69) is 21.0 Å². The van der Waals surface area contributed by atoms with Gasteiger partial charge in [-0.25, -0.2) is 0 Å². The Kier molecular flexibility index (Phi) is 8.75. The fraction of sp³-hybridized carbons (Fsp3) is 0.333. The summed E-state index contributed by atoms with van der Waals surface area (Å²) in [4.78, 5) is 38.5. The molecule has 2 aromatic carbocycles. The number of carbonyl (C=O) groups excluding carboxylic acids is 3. The molecule has 0 aliphatic carbocycles. The molecule has 3 aromatic rings. The van der Waals surface area contributed by atoms with E-state index in [1.165, 1.54) is 13.3 Å². The minimum Gasteiger partial charge on any atom is -0.497 e. The zero-order valence-electron chi connectivity index (χ0n) is 20.7. The number of nitrogens with zero attached hydrogens (tertiary/aromatic N) is 2. The van der Waals surface area contributed by atoms with Gasteiger partial charge in [-0.1, -0.05) is 30.3 Å². The molecule has 3 N–H and O–H groups in total. The maximum Gasteiger partial charge on any atom is 0.255 e. The number of hydrogen-bond acceptors (Lipinski definition) is 6. The van der Waals surface area contributed by atoms with Crippen LogP contribution in [0.3, 0.4) is 0 Å². The van der Waals surface area contributed by atoms with Crippen molar-refractivity contribution in [1.82, 2.24) is 25.7 Å². The number of aromatic nitrogens is 2. The van der Waals surface area contributed by atoms with Gasteiger partial charge in [0.1, 0.15) is 24.1 Å². The van der Waals surface area contributed by atoms with Crippen molar-refractivity contribution in [3.63, 3.8) is 0 Å². The normalized spacial score (nSPS) is 16.8. The van der Waals surface area contributed by atoms with E-state index in [0.29, 0.717) is 55.0 Å². The quantitative estimate of drug-likeness (QED) is 0.488. The van der Waals surface area contributed by atoms with Gasteiger partial charge in [0.05, 0.1) is 37.5 Å². The van der Waals surface area contributed by atoms with Gasteiger partial charge in [-0.05, 0) is 37.0 Å². The molecule has 10 nitrogen and oxygen atoms in total. The Bertz CT molecular complexity index is 1230. The summed E-state index contributed by atoms with van der Waals surface area (Å²) in [7, 11) is 1.54. The van der Waals surface area contributed by atoms with E-state index in [1.54, 1.807) is 29.1 Å². The average Bonchev–Trinajstić information content (AvgIpc) is 3.38. The molecule has 0 unspecified atom stereocenters. The molecule has 2 heterocycles. The first-order valence-corrected chi connectivity index (χ1v) is 12.3. The van der Waals surface area contributed by atoms with Crippen molar-refractivity contribution in [2.24, 2.45) is 0 Å². The van der Waals surface area contributed by atoms with Crippen LogP contribution in [0.5, 0.6) is 11.5 Å². The summed E-state index contributed by atoms with van der Waals surface area (Å²) in [6.45, 7) is 1.32. The first kappa shape index (κ1) is 25.7. The molecule has 1 aromatic heterocycles. The van der Waals surface area contributed by atoms with Gasteiger partial charge >= 0.3 is 0 Å². The molecular formula is C27H31N5O5. The molecule has 0 radical (unpaired) electrons. The Labute approximate surface area is 215 Å². The highest BCUT2D eigenvalue weighted by atomic mass is 16.5. The lowest BCUT2D eigenvalue weighted by Gasteiger charge is -2.19. The summed E-state index contributed by atoms with van der Waals surface area (Å²) in [5.41, 5.74) is 1.85. The molecule has 0 bridgehead atoms. The van der Waals surface area contributed by atoms with E-state index in [0.717, 1.165) is 5.56 Å². The van der Waals surface area contributed by atoms with Crippen LogP contribution >= 0.6 is 0 Å². The van der Waals surface area contributed by atoms with Crippen molar-refractivity contribution < 1.29 is 23.9 Å². The van der Waals surface area contributed by atoms with Gasteiger partial charge in [0.25, 0.3) is 11.8 Å². The Morgan fingerprint density at radius 2 is 1.97 bits per heavy atom. The van der Waals surface area contributed by atoms with Crippen molar-refractivity contribution >= 4 is 17.7 Å². The summed E-state index contributed by atoms with van der Waals surface area (Å²) in [6, 6.07) is 14.1. The summed E-state index contributed by atoms with van der Waals surface area (Å²) in [5, 5.41) is 12.8. The van der Waals surface area contributed by atoms with Gasteiger partial charge in [-0.15, -0.1) is 0 Å². The first-order chi connectivity index (χ1) is 18.0. The molecule has 1 atom stereocenters. The predicted molar refractivity (Wildman–Crippen MR) is 137 cm³/mol. The maximum atomic E-state index is 12.9. The molecule has 1 aliphatic rings. The molecule has 0 spiro atoms. The summed E-state index contributed by atoms with van der Waals surface area (Å²) >= 11 is 0. The van der Waals surface area contributed by atoms with Crippen LogP contribution in [0.15, 0.2) is 60.9 Å². The predicted octanol–water partition coefficient (Wildman–Crippen LogP) is 2.15.